The number of nitrogens with one attached hydrogen (secondary N) is 2. The molecule has 0 atom stereocenters. The number of fused-ring (bicyclic) bond motifs is 1. The lowest BCUT2D eigenvalue weighted by Gasteiger charge is -2.37. The van der Waals surface area contributed by atoms with Gasteiger partial charge in [0.25, 0.3) is 5.91 Å². The van der Waals surface area contributed by atoms with E-state index < -0.39 is 11.6 Å². The molecule has 32 heavy (non-hydrogen) atoms. The number of aromatic nitrogens is 2. The van der Waals surface area contributed by atoms with Crippen LogP contribution in [0.15, 0.2) is 54.9 Å². The van der Waals surface area contributed by atoms with Crippen LogP contribution in [0.2, 0.25) is 0 Å². The summed E-state index contributed by atoms with van der Waals surface area (Å²) in [6.45, 7) is 0.654. The molecule has 160 valence electrons. The van der Waals surface area contributed by atoms with Gasteiger partial charge in [-0.25, -0.2) is 19.5 Å². The zero-order valence-electron chi connectivity index (χ0n) is 17.1. The second kappa shape index (κ2) is 7.42. The number of rotatable bonds is 2. The number of urea groups is 2. The summed E-state index contributed by atoms with van der Waals surface area (Å²) in [6, 6.07) is 11.7. The number of imide groups is 1. The van der Waals surface area contributed by atoms with Gasteiger partial charge in [0.2, 0.25) is 0 Å². The highest BCUT2D eigenvalue weighted by Crippen LogP contribution is 2.33. The third-order valence-electron chi connectivity index (χ3n) is 5.97. The van der Waals surface area contributed by atoms with Gasteiger partial charge in [-0.15, -0.1) is 6.42 Å². The molecule has 4 heterocycles. The Bertz CT molecular complexity index is 1280. The van der Waals surface area contributed by atoms with Crippen LogP contribution >= 0.6 is 0 Å². The molecule has 0 unspecified atom stereocenters. The number of benzene rings is 1. The van der Waals surface area contributed by atoms with Gasteiger partial charge in [-0.05, 0) is 43.2 Å². The first-order valence-electron chi connectivity index (χ1n) is 10.2. The Balaban J connectivity index is 1.30. The predicted octanol–water partition coefficient (Wildman–Crippen LogP) is 2.44. The van der Waals surface area contributed by atoms with E-state index in [1.54, 1.807) is 45.8 Å². The average molecular weight is 428 g/mol. The Morgan fingerprint density at radius 2 is 1.97 bits per heavy atom. The minimum Gasteiger partial charge on any atom is -0.324 e. The summed E-state index contributed by atoms with van der Waals surface area (Å²) < 4.78 is 1.70. The third kappa shape index (κ3) is 3.13. The smallest absolute Gasteiger partial charge is 0.324 e. The summed E-state index contributed by atoms with van der Waals surface area (Å²) in [6.07, 6.45) is 9.32. The maximum atomic E-state index is 13.3. The van der Waals surface area contributed by atoms with Crippen LogP contribution in [-0.4, -0.2) is 50.9 Å². The Morgan fingerprint density at radius 3 is 2.75 bits per heavy atom. The van der Waals surface area contributed by atoms with E-state index in [4.69, 9.17) is 6.42 Å². The van der Waals surface area contributed by atoms with Gasteiger partial charge >= 0.3 is 12.1 Å². The van der Waals surface area contributed by atoms with Crippen molar-refractivity contribution in [3.05, 3.63) is 60.4 Å². The summed E-state index contributed by atoms with van der Waals surface area (Å²) in [5.41, 5.74) is 0.891. The van der Waals surface area contributed by atoms with Crippen LogP contribution in [-0.2, 0) is 4.79 Å². The molecule has 0 aliphatic carbocycles. The number of imidazole rings is 1. The first kappa shape index (κ1) is 19.6. The Hall–Kier alpha value is -4.32. The third-order valence-corrected chi connectivity index (χ3v) is 5.97. The second-order valence-corrected chi connectivity index (χ2v) is 7.84. The topological polar surface area (TPSA) is 99.1 Å². The van der Waals surface area contributed by atoms with Gasteiger partial charge in [0.05, 0.1) is 6.20 Å². The molecular formula is C23H20N6O3. The molecule has 2 N–H and O–H groups in total. The molecule has 5 amide bonds. The SMILES string of the molecule is C#Cc1cccc(NC(=O)N2CCC3(CC2)NC(=O)N(c2cnc4ccccn24)C3=O)c1. The highest BCUT2D eigenvalue weighted by Gasteiger charge is 2.54. The van der Waals surface area contributed by atoms with E-state index in [1.807, 2.05) is 12.1 Å². The zero-order valence-corrected chi connectivity index (χ0v) is 17.1. The number of anilines is 2. The summed E-state index contributed by atoms with van der Waals surface area (Å²) in [5, 5.41) is 5.70. The first-order valence-corrected chi connectivity index (χ1v) is 10.2. The molecule has 3 aromatic rings. The fourth-order valence-electron chi connectivity index (χ4n) is 4.23. The minimum atomic E-state index is -1.03. The number of amides is 5. The van der Waals surface area contributed by atoms with Crippen LogP contribution in [0.1, 0.15) is 18.4 Å². The van der Waals surface area contributed by atoms with Crippen LogP contribution < -0.4 is 15.5 Å². The molecule has 2 aliphatic rings. The number of hydrogen-bond acceptors (Lipinski definition) is 4. The summed E-state index contributed by atoms with van der Waals surface area (Å²) >= 11 is 0. The van der Waals surface area contributed by atoms with Crippen molar-refractivity contribution in [3.63, 3.8) is 0 Å². The Morgan fingerprint density at radius 1 is 1.16 bits per heavy atom. The van der Waals surface area contributed by atoms with Crippen molar-refractivity contribution in [3.8, 4) is 12.3 Å². The van der Waals surface area contributed by atoms with Gasteiger partial charge in [-0.1, -0.05) is 18.1 Å². The van der Waals surface area contributed by atoms with Gasteiger partial charge in [-0.2, -0.15) is 0 Å². The highest BCUT2D eigenvalue weighted by atomic mass is 16.2. The van der Waals surface area contributed by atoms with Crippen LogP contribution in [0, 0.1) is 12.3 Å². The number of nitrogens with zero attached hydrogens (tertiary/aromatic N) is 4. The van der Waals surface area contributed by atoms with Crippen LogP contribution in [0.3, 0.4) is 0 Å². The van der Waals surface area contributed by atoms with E-state index in [2.05, 4.69) is 21.5 Å². The van der Waals surface area contributed by atoms with Gasteiger partial charge < -0.3 is 15.5 Å². The minimum absolute atomic E-state index is 0.274. The maximum absolute atomic E-state index is 13.3. The molecule has 2 aromatic heterocycles. The zero-order chi connectivity index (χ0) is 22.3. The van der Waals surface area contributed by atoms with Crippen molar-refractivity contribution in [1.29, 1.82) is 0 Å². The molecule has 2 aliphatic heterocycles. The van der Waals surface area contributed by atoms with Crippen molar-refractivity contribution in [1.82, 2.24) is 19.6 Å². The molecule has 9 heteroatoms. The lowest BCUT2D eigenvalue weighted by atomic mass is 9.87. The maximum Gasteiger partial charge on any atom is 0.330 e. The number of likely N-dealkylation sites (tertiary alicyclic amines) is 1. The van der Waals surface area contributed by atoms with E-state index in [0.29, 0.717) is 48.6 Å². The van der Waals surface area contributed by atoms with Crippen molar-refractivity contribution in [2.45, 2.75) is 18.4 Å². The molecule has 2 fully saturated rings. The molecule has 0 saturated carbocycles. The first-order chi connectivity index (χ1) is 15.5. The standard InChI is InChI=1S/C23H20N6O3/c1-2-16-6-5-7-17(14-16)25-21(31)27-12-9-23(10-13-27)20(30)29(22(32)26-23)19-15-24-18-8-3-4-11-28(18)19/h1,3-8,11,14-15H,9-10,12-13H2,(H,25,31)(H,26,32). The van der Waals surface area contributed by atoms with E-state index >= 15 is 0 Å². The van der Waals surface area contributed by atoms with E-state index in [9.17, 15) is 14.4 Å². The monoisotopic (exact) mass is 428 g/mol. The van der Waals surface area contributed by atoms with Crippen molar-refractivity contribution >= 4 is 35.1 Å². The molecule has 1 aromatic carbocycles. The second-order valence-electron chi connectivity index (χ2n) is 7.84. The lowest BCUT2D eigenvalue weighted by molar-refractivity contribution is -0.123. The van der Waals surface area contributed by atoms with Crippen molar-refractivity contribution < 1.29 is 14.4 Å². The molecule has 0 bridgehead atoms. The average Bonchev–Trinajstić information content (AvgIpc) is 3.32. The quantitative estimate of drug-likeness (QED) is 0.484. The fraction of sp³-hybridized carbons (Fsp3) is 0.217. The molecule has 1 spiro atoms. The molecular weight excluding hydrogens is 408 g/mol. The van der Waals surface area contributed by atoms with Crippen LogP contribution in [0.4, 0.5) is 21.1 Å². The van der Waals surface area contributed by atoms with Gasteiger partial charge in [0, 0.05) is 30.5 Å². The van der Waals surface area contributed by atoms with Crippen LogP contribution in [0.5, 0.6) is 0 Å². The number of terminal acetylenes is 1. The Kier molecular flexibility index (Phi) is 4.56. The number of hydrogen-bond donors (Lipinski definition) is 2. The highest BCUT2D eigenvalue weighted by molar-refractivity contribution is 6.23. The summed E-state index contributed by atoms with van der Waals surface area (Å²) in [4.78, 5) is 45.8. The number of pyridine rings is 1. The Labute approximate surface area is 184 Å². The van der Waals surface area contributed by atoms with Crippen molar-refractivity contribution in [2.24, 2.45) is 0 Å². The predicted molar refractivity (Wildman–Crippen MR) is 118 cm³/mol. The van der Waals surface area contributed by atoms with Gasteiger partial charge in [0.15, 0.2) is 0 Å². The summed E-state index contributed by atoms with van der Waals surface area (Å²) in [7, 11) is 0. The van der Waals surface area contributed by atoms with Crippen LogP contribution in [0.25, 0.3) is 5.65 Å². The van der Waals surface area contributed by atoms with Crippen molar-refractivity contribution in [2.75, 3.05) is 23.3 Å². The number of carbonyl (C=O) groups excluding carboxylic acids is 3. The molecule has 0 radical (unpaired) electrons. The molecule has 5 rings (SSSR count). The normalized spacial score (nSPS) is 17.5. The van der Waals surface area contributed by atoms with E-state index in [1.165, 1.54) is 6.20 Å². The summed E-state index contributed by atoms with van der Waals surface area (Å²) in [5.74, 6) is 2.61. The van der Waals surface area contributed by atoms with Gasteiger partial charge in [-0.3, -0.25) is 9.20 Å². The number of piperidine rings is 1. The lowest BCUT2D eigenvalue weighted by Crippen LogP contribution is -2.56. The van der Waals surface area contributed by atoms with E-state index in [0.717, 1.165) is 4.90 Å². The van der Waals surface area contributed by atoms with Gasteiger partial charge in [0.1, 0.15) is 17.0 Å². The largest absolute Gasteiger partial charge is 0.330 e. The fourth-order valence-corrected chi connectivity index (χ4v) is 4.23. The van der Waals surface area contributed by atoms with E-state index in [-0.39, 0.29) is 11.9 Å². The number of carbonyl (C=O) groups is 3. The molecule has 2 saturated heterocycles. The molecule has 9 nitrogen and oxygen atoms in total.